The second kappa shape index (κ2) is 23.6. The molecule has 0 saturated heterocycles. The number of anilines is 6. The molecule has 0 atom stereocenters. The Bertz CT molecular complexity index is 2350. The molecule has 16 nitrogen and oxygen atoms in total. The summed E-state index contributed by atoms with van der Waals surface area (Å²) in [4.78, 5) is 63.0. The Morgan fingerprint density at radius 3 is 1.26 bits per heavy atom. The number of Topliss-reactive ketones (excluding diaryl/α,β-unsaturated/α-hetero) is 2. The maximum atomic E-state index is 12.2. The lowest BCUT2D eigenvalue weighted by Crippen LogP contribution is -2.27. The smallest absolute Gasteiger partial charge is 0.412 e. The van der Waals surface area contributed by atoms with Crippen molar-refractivity contribution in [3.05, 3.63) is 157 Å². The number of para-hydroxylation sites is 6. The minimum Gasteiger partial charge on any atom is -0.444 e. The molecule has 62 heavy (non-hydrogen) atoms. The molecule has 2 heterocycles. The van der Waals surface area contributed by atoms with E-state index in [0.29, 0.717) is 51.1 Å². The molecule has 0 saturated carbocycles. The largest absolute Gasteiger partial charge is 0.444 e. The van der Waals surface area contributed by atoms with Gasteiger partial charge in [0.05, 0.1) is 35.1 Å². The fourth-order valence-corrected chi connectivity index (χ4v) is 4.85. The van der Waals surface area contributed by atoms with E-state index >= 15 is 0 Å². The average Bonchev–Trinajstić information content (AvgIpc) is 3.21. The normalized spacial score (nSPS) is 10.4. The molecule has 10 N–H and O–H groups in total. The maximum Gasteiger partial charge on any atom is 0.412 e. The number of hydrogen-bond acceptors (Lipinski definition) is 14. The Hall–Kier alpha value is -7.88. The quantitative estimate of drug-likeness (QED) is 0.0623. The lowest BCUT2D eigenvalue weighted by molar-refractivity contribution is 0.0624. The van der Waals surface area contributed by atoms with Crippen LogP contribution < -0.4 is 33.6 Å². The fraction of sp³-hybridized carbons (Fsp3) is 0.217. The van der Waals surface area contributed by atoms with Gasteiger partial charge in [0.1, 0.15) is 22.6 Å². The zero-order valence-electron chi connectivity index (χ0n) is 35.7. The van der Waals surface area contributed by atoms with Crippen molar-refractivity contribution >= 4 is 57.9 Å². The maximum absolute atomic E-state index is 12.2. The molecule has 0 spiro atoms. The van der Waals surface area contributed by atoms with Crippen LogP contribution in [-0.2, 0) is 22.3 Å². The number of carbonyl (C=O) groups is 4. The predicted octanol–water partition coefficient (Wildman–Crippen LogP) is 8.20. The van der Waals surface area contributed by atoms with Crippen LogP contribution in [0.5, 0.6) is 0 Å². The van der Waals surface area contributed by atoms with E-state index in [2.05, 4.69) is 30.6 Å². The standard InChI is InChI=1S/C17H19N3O3.C12H11N3O.C11H16N2O2.C6H8N2/c1-17(2,3)23-16(22)20-13-7-5-4-6-12(13)10-15(21)14-11-18-8-9-19-14;13-10-4-2-1-3-9(10)7-12(16)11-8-14-5-6-15-11;1-11(2,3)15-10(14)13-9-7-5-4-6-8(9)12;7-5-3-1-2-4-6(5)8/h4-9,11H,10H2,1-3H3,(H,20,22);1-6,8H,7,13H2;4-7H,12H2,1-3H3,(H,13,14);1-4H,7-8H2. The molecule has 6 aromatic rings. The number of amides is 2. The third-order valence-electron chi connectivity index (χ3n) is 7.70. The van der Waals surface area contributed by atoms with Crippen molar-refractivity contribution < 1.29 is 28.7 Å². The predicted molar refractivity (Wildman–Crippen MR) is 243 cm³/mol. The summed E-state index contributed by atoms with van der Waals surface area (Å²) in [6.45, 7) is 10.8. The fourth-order valence-electron chi connectivity index (χ4n) is 4.85. The number of nitrogen functional groups attached to an aromatic ring is 4. The summed E-state index contributed by atoms with van der Waals surface area (Å²) in [7, 11) is 0. The zero-order chi connectivity index (χ0) is 45.7. The highest BCUT2D eigenvalue weighted by atomic mass is 16.6. The van der Waals surface area contributed by atoms with E-state index in [-0.39, 0.29) is 24.4 Å². The second-order valence-corrected chi connectivity index (χ2v) is 15.2. The van der Waals surface area contributed by atoms with E-state index in [4.69, 9.17) is 32.4 Å². The first-order valence-electron chi connectivity index (χ1n) is 19.3. The molecule has 0 bridgehead atoms. The van der Waals surface area contributed by atoms with Gasteiger partial charge >= 0.3 is 12.2 Å². The van der Waals surface area contributed by atoms with Gasteiger partial charge in [-0.2, -0.15) is 0 Å². The number of nitrogens with one attached hydrogen (secondary N) is 2. The molecule has 4 aromatic carbocycles. The van der Waals surface area contributed by atoms with E-state index in [1.807, 2.05) is 30.3 Å². The molecule has 16 heteroatoms. The summed E-state index contributed by atoms with van der Waals surface area (Å²) in [5, 5.41) is 5.26. The van der Waals surface area contributed by atoms with Crippen molar-refractivity contribution in [1.29, 1.82) is 0 Å². The first-order valence-corrected chi connectivity index (χ1v) is 19.3. The zero-order valence-corrected chi connectivity index (χ0v) is 35.7. The number of rotatable bonds is 8. The molecule has 6 rings (SSSR count). The minimum absolute atomic E-state index is 0.0778. The molecule has 2 amide bonds. The van der Waals surface area contributed by atoms with Crippen LogP contribution in [0.15, 0.2) is 134 Å². The first kappa shape index (κ1) is 48.5. The van der Waals surface area contributed by atoms with Crippen LogP contribution in [0.1, 0.15) is 73.6 Å². The second-order valence-electron chi connectivity index (χ2n) is 15.2. The highest BCUT2D eigenvalue weighted by Crippen LogP contribution is 2.20. The molecule has 0 unspecified atom stereocenters. The molecular formula is C46H54N10O6. The third-order valence-corrected chi connectivity index (χ3v) is 7.70. The van der Waals surface area contributed by atoms with Crippen LogP contribution in [0.2, 0.25) is 0 Å². The number of hydrogen-bond donors (Lipinski definition) is 6. The summed E-state index contributed by atoms with van der Waals surface area (Å²) in [5.41, 5.74) is 26.8. The van der Waals surface area contributed by atoms with E-state index in [0.717, 1.165) is 5.56 Å². The van der Waals surface area contributed by atoms with Crippen LogP contribution in [0.3, 0.4) is 0 Å². The van der Waals surface area contributed by atoms with E-state index in [1.165, 1.54) is 37.2 Å². The van der Waals surface area contributed by atoms with Crippen LogP contribution >= 0.6 is 0 Å². The highest BCUT2D eigenvalue weighted by molar-refractivity contribution is 5.97. The van der Waals surface area contributed by atoms with Gasteiger partial charge in [-0.25, -0.2) is 19.6 Å². The van der Waals surface area contributed by atoms with Crippen molar-refractivity contribution in [2.24, 2.45) is 0 Å². The lowest BCUT2D eigenvalue weighted by Gasteiger charge is -2.20. The van der Waals surface area contributed by atoms with Gasteiger partial charge in [-0.15, -0.1) is 0 Å². The summed E-state index contributed by atoms with van der Waals surface area (Å²) < 4.78 is 10.3. The minimum atomic E-state index is -0.589. The Morgan fingerprint density at radius 2 is 0.855 bits per heavy atom. The van der Waals surface area contributed by atoms with Crippen molar-refractivity contribution in [3.8, 4) is 0 Å². The van der Waals surface area contributed by atoms with Gasteiger partial charge < -0.3 is 32.4 Å². The van der Waals surface area contributed by atoms with Gasteiger partial charge in [0.15, 0.2) is 11.6 Å². The van der Waals surface area contributed by atoms with Gasteiger partial charge in [-0.1, -0.05) is 60.7 Å². The molecule has 0 aliphatic heterocycles. The number of nitrogens with zero attached hydrogens (tertiary/aromatic N) is 4. The lowest BCUT2D eigenvalue weighted by atomic mass is 10.1. The van der Waals surface area contributed by atoms with Crippen molar-refractivity contribution in [1.82, 2.24) is 19.9 Å². The number of ether oxygens (including phenoxy) is 2. The van der Waals surface area contributed by atoms with Gasteiger partial charge in [0.2, 0.25) is 0 Å². The third kappa shape index (κ3) is 18.4. The van der Waals surface area contributed by atoms with Gasteiger partial charge in [-0.3, -0.25) is 30.2 Å². The van der Waals surface area contributed by atoms with Gasteiger partial charge in [0, 0.05) is 49.0 Å². The number of nitrogens with two attached hydrogens (primary N) is 4. The van der Waals surface area contributed by atoms with Gasteiger partial charge in [0.25, 0.3) is 0 Å². The average molecular weight is 843 g/mol. The summed E-state index contributed by atoms with van der Waals surface area (Å²) >= 11 is 0. The SMILES string of the molecule is CC(C)(C)OC(=O)Nc1ccccc1CC(=O)c1cnccn1.CC(C)(C)OC(=O)Nc1ccccc1N.Nc1ccccc1CC(=O)c1cnccn1.Nc1ccccc1N. The summed E-state index contributed by atoms with van der Waals surface area (Å²) in [5.74, 6) is -0.248. The molecule has 0 aliphatic rings. The topological polar surface area (TPSA) is 266 Å². The summed E-state index contributed by atoms with van der Waals surface area (Å²) in [6.07, 6.45) is 8.21. The Balaban J connectivity index is 0.000000232. The Morgan fingerprint density at radius 1 is 0.484 bits per heavy atom. The monoisotopic (exact) mass is 842 g/mol. The van der Waals surface area contributed by atoms with E-state index < -0.39 is 23.4 Å². The molecule has 2 aromatic heterocycles. The molecular weight excluding hydrogens is 789 g/mol. The number of ketones is 2. The summed E-state index contributed by atoms with van der Waals surface area (Å²) in [6, 6.07) is 28.7. The Kier molecular flexibility index (Phi) is 18.5. The molecule has 0 fully saturated rings. The first-order chi connectivity index (χ1) is 29.3. The van der Waals surface area contributed by atoms with Crippen LogP contribution in [0.4, 0.5) is 43.7 Å². The van der Waals surface area contributed by atoms with E-state index in [1.54, 1.807) is 108 Å². The van der Waals surface area contributed by atoms with Crippen molar-refractivity contribution in [3.63, 3.8) is 0 Å². The van der Waals surface area contributed by atoms with Crippen LogP contribution in [-0.4, -0.2) is 54.9 Å². The van der Waals surface area contributed by atoms with Crippen molar-refractivity contribution in [2.45, 2.75) is 65.6 Å². The number of aromatic nitrogens is 4. The Labute approximate surface area is 361 Å². The van der Waals surface area contributed by atoms with Gasteiger partial charge in [-0.05, 0) is 89.1 Å². The number of carbonyl (C=O) groups excluding carboxylic acids is 4. The van der Waals surface area contributed by atoms with Crippen molar-refractivity contribution in [2.75, 3.05) is 33.6 Å². The molecule has 324 valence electrons. The highest BCUT2D eigenvalue weighted by Gasteiger charge is 2.19. The van der Waals surface area contributed by atoms with Crippen LogP contribution in [0, 0.1) is 0 Å². The molecule has 0 aliphatic carbocycles. The van der Waals surface area contributed by atoms with Crippen LogP contribution in [0.25, 0.3) is 0 Å². The van der Waals surface area contributed by atoms with E-state index in [9.17, 15) is 19.2 Å². The molecule has 0 radical (unpaired) electrons. The number of benzene rings is 4.